The van der Waals surface area contributed by atoms with Crippen molar-refractivity contribution in [2.75, 3.05) is 0 Å². The predicted molar refractivity (Wildman–Crippen MR) is 89.5 cm³/mol. The van der Waals surface area contributed by atoms with E-state index in [2.05, 4.69) is 11.9 Å². The third kappa shape index (κ3) is 4.90. The van der Waals surface area contributed by atoms with Crippen LogP contribution in [0.15, 0.2) is 83.9 Å². The molecule has 1 rings (SSSR count). The molecule has 3 N–H and O–H groups in total. The first-order valence-corrected chi connectivity index (χ1v) is 6.83. The van der Waals surface area contributed by atoms with Crippen LogP contribution in [0.2, 0.25) is 0 Å². The van der Waals surface area contributed by atoms with Crippen LogP contribution in [-0.4, -0.2) is 11.6 Å². The zero-order chi connectivity index (χ0) is 16.5. The molecule has 1 aliphatic carbocycles. The average Bonchev–Trinajstić information content (AvgIpc) is 2.50. The lowest BCUT2D eigenvalue weighted by atomic mass is 10.0. The molecule has 4 nitrogen and oxygen atoms in total. The Morgan fingerprint density at radius 1 is 1.23 bits per heavy atom. The molecule has 0 aromatic heterocycles. The summed E-state index contributed by atoms with van der Waals surface area (Å²) in [5, 5.41) is 2.82. The van der Waals surface area contributed by atoms with Gasteiger partial charge in [-0.15, -0.1) is 0 Å². The smallest absolute Gasteiger partial charge is 0.207 e. The summed E-state index contributed by atoms with van der Waals surface area (Å²) in [7, 11) is 0. The number of hydrogen-bond acceptors (Lipinski definition) is 4. The molecule has 0 spiro atoms. The highest BCUT2D eigenvalue weighted by atomic mass is 16.1. The van der Waals surface area contributed by atoms with Gasteiger partial charge in [-0.2, -0.15) is 0 Å². The third-order valence-electron chi connectivity index (χ3n) is 2.82. The second-order valence-electron chi connectivity index (χ2n) is 4.61. The van der Waals surface area contributed by atoms with Gasteiger partial charge in [0.1, 0.15) is 11.4 Å². The van der Waals surface area contributed by atoms with E-state index in [-0.39, 0.29) is 17.2 Å². The molecule has 4 heteroatoms. The highest BCUT2D eigenvalue weighted by Crippen LogP contribution is 2.11. The van der Waals surface area contributed by atoms with Crippen LogP contribution >= 0.6 is 0 Å². The topological polar surface area (TPSA) is 72.2 Å². The lowest BCUT2D eigenvalue weighted by molar-refractivity contribution is -0.114. The zero-order valence-corrected chi connectivity index (χ0v) is 12.8. The second-order valence-corrected chi connectivity index (χ2v) is 4.61. The molecule has 0 radical (unpaired) electrons. The Bertz CT molecular complexity index is 657. The van der Waals surface area contributed by atoms with Crippen molar-refractivity contribution in [3.05, 3.63) is 83.9 Å². The number of Topliss-reactive ketones (excluding diaryl/α,β-unsaturated/α-hetero) is 1. The van der Waals surface area contributed by atoms with Gasteiger partial charge >= 0.3 is 0 Å². The van der Waals surface area contributed by atoms with Crippen molar-refractivity contribution in [3.63, 3.8) is 0 Å². The van der Waals surface area contributed by atoms with Gasteiger partial charge in [0.15, 0.2) is 0 Å². The minimum atomic E-state index is -0.430. The summed E-state index contributed by atoms with van der Waals surface area (Å²) in [5.41, 5.74) is 6.66. The van der Waals surface area contributed by atoms with Gasteiger partial charge in [-0.05, 0) is 31.6 Å². The number of ketones is 2. The number of carbonyl (C=O) groups excluding carboxylic acids is 2. The van der Waals surface area contributed by atoms with Crippen molar-refractivity contribution in [2.24, 2.45) is 5.73 Å². The summed E-state index contributed by atoms with van der Waals surface area (Å²) >= 11 is 0. The molecule has 0 bridgehead atoms. The summed E-state index contributed by atoms with van der Waals surface area (Å²) < 4.78 is 0. The second kappa shape index (κ2) is 8.42. The van der Waals surface area contributed by atoms with Gasteiger partial charge in [0.25, 0.3) is 0 Å². The van der Waals surface area contributed by atoms with Gasteiger partial charge in [0.05, 0.1) is 0 Å². The molecule has 0 aromatic rings. The van der Waals surface area contributed by atoms with Crippen LogP contribution in [0, 0.1) is 0 Å². The molecule has 0 amide bonds. The van der Waals surface area contributed by atoms with Gasteiger partial charge < -0.3 is 11.1 Å². The highest BCUT2D eigenvalue weighted by Gasteiger charge is 2.19. The monoisotopic (exact) mass is 296 g/mol. The molecule has 0 saturated heterocycles. The number of hydrogen-bond donors (Lipinski definition) is 2. The van der Waals surface area contributed by atoms with E-state index in [1.807, 2.05) is 19.1 Å². The molecular weight excluding hydrogens is 276 g/mol. The third-order valence-corrected chi connectivity index (χ3v) is 2.82. The van der Waals surface area contributed by atoms with Gasteiger partial charge in [0, 0.05) is 5.70 Å². The molecule has 114 valence electrons. The SMILES string of the molecule is C=C(/C=C\C=C/C)N/C1=C(\N)C(=O)/C=C/C=C\C=C(/C)C1=O. The Morgan fingerprint density at radius 2 is 1.95 bits per heavy atom. The fraction of sp³-hybridized carbons (Fsp3) is 0.111. The Kier molecular flexibility index (Phi) is 6.57. The number of rotatable bonds is 4. The quantitative estimate of drug-likeness (QED) is 0.782. The molecule has 0 saturated carbocycles. The Labute approximate surface area is 130 Å². The summed E-state index contributed by atoms with van der Waals surface area (Å²) in [6, 6.07) is 0. The maximum absolute atomic E-state index is 12.4. The van der Waals surface area contributed by atoms with Gasteiger partial charge in [-0.3, -0.25) is 9.59 Å². The van der Waals surface area contributed by atoms with Crippen molar-refractivity contribution in [2.45, 2.75) is 13.8 Å². The summed E-state index contributed by atoms with van der Waals surface area (Å²) in [6.45, 7) is 7.35. The van der Waals surface area contributed by atoms with Crippen LogP contribution in [0.5, 0.6) is 0 Å². The van der Waals surface area contributed by atoms with Gasteiger partial charge in [0.2, 0.25) is 11.6 Å². The van der Waals surface area contributed by atoms with Crippen LogP contribution in [-0.2, 0) is 9.59 Å². The molecule has 0 unspecified atom stereocenters. The van der Waals surface area contributed by atoms with E-state index in [1.165, 1.54) is 6.08 Å². The molecule has 22 heavy (non-hydrogen) atoms. The average molecular weight is 296 g/mol. The largest absolute Gasteiger partial charge is 0.394 e. The highest BCUT2D eigenvalue weighted by molar-refractivity contribution is 6.15. The fourth-order valence-electron chi connectivity index (χ4n) is 1.62. The molecule has 0 aliphatic heterocycles. The summed E-state index contributed by atoms with van der Waals surface area (Å²) in [5.74, 6) is -0.771. The van der Waals surface area contributed by atoms with E-state index in [4.69, 9.17) is 5.73 Å². The van der Waals surface area contributed by atoms with Crippen molar-refractivity contribution in [1.29, 1.82) is 0 Å². The maximum atomic E-state index is 12.4. The number of nitrogens with two attached hydrogens (primary N) is 1. The first-order valence-electron chi connectivity index (χ1n) is 6.83. The van der Waals surface area contributed by atoms with Gasteiger partial charge in [-0.1, -0.05) is 49.1 Å². The van der Waals surface area contributed by atoms with E-state index in [1.54, 1.807) is 43.4 Å². The summed E-state index contributed by atoms with van der Waals surface area (Å²) in [6.07, 6.45) is 15.0. The minimum Gasteiger partial charge on any atom is -0.394 e. The molecular formula is C18H20N2O2. The Balaban J connectivity index is 3.18. The number of allylic oxidation sites excluding steroid dienone is 10. The maximum Gasteiger partial charge on any atom is 0.207 e. The van der Waals surface area contributed by atoms with Crippen LogP contribution in [0.1, 0.15) is 13.8 Å². The Morgan fingerprint density at radius 3 is 2.64 bits per heavy atom. The lowest BCUT2D eigenvalue weighted by Gasteiger charge is -2.13. The van der Waals surface area contributed by atoms with Crippen molar-refractivity contribution < 1.29 is 9.59 Å². The molecule has 1 aliphatic rings. The Hall–Kier alpha value is -2.88. The van der Waals surface area contributed by atoms with E-state index in [0.717, 1.165) is 0 Å². The lowest BCUT2D eigenvalue weighted by Crippen LogP contribution is -2.27. The normalized spacial score (nSPS) is 25.1. The van der Waals surface area contributed by atoms with Crippen molar-refractivity contribution in [3.8, 4) is 0 Å². The standard InChI is InChI=1S/C18H20N2O2/c1-4-5-7-11-14(3)20-17-16(19)15(21)12-9-6-8-10-13(2)18(17)22/h4-12,20H,3,19H2,1-2H3/b5-4-,8-6-,11-7-,12-9+,13-10+,17-16-. The van der Waals surface area contributed by atoms with Crippen LogP contribution in [0.4, 0.5) is 0 Å². The van der Waals surface area contributed by atoms with Crippen LogP contribution in [0.25, 0.3) is 0 Å². The molecule has 0 heterocycles. The number of nitrogens with one attached hydrogen (secondary N) is 1. The van der Waals surface area contributed by atoms with E-state index in [9.17, 15) is 9.59 Å². The van der Waals surface area contributed by atoms with E-state index in [0.29, 0.717) is 11.3 Å². The molecule has 0 fully saturated rings. The summed E-state index contributed by atoms with van der Waals surface area (Å²) in [4.78, 5) is 24.4. The number of carbonyl (C=O) groups is 2. The molecule has 0 aromatic carbocycles. The van der Waals surface area contributed by atoms with Crippen molar-refractivity contribution in [1.82, 2.24) is 5.32 Å². The zero-order valence-electron chi connectivity index (χ0n) is 12.8. The molecule has 0 atom stereocenters. The predicted octanol–water partition coefficient (Wildman–Crippen LogP) is 2.60. The minimum absolute atomic E-state index is 0.0360. The fourth-order valence-corrected chi connectivity index (χ4v) is 1.62. The van der Waals surface area contributed by atoms with Gasteiger partial charge in [-0.25, -0.2) is 0 Å². The van der Waals surface area contributed by atoms with Crippen molar-refractivity contribution >= 4 is 11.6 Å². The van der Waals surface area contributed by atoms with E-state index < -0.39 is 5.78 Å². The van der Waals surface area contributed by atoms with Crippen LogP contribution < -0.4 is 11.1 Å². The first-order chi connectivity index (χ1) is 10.5. The van der Waals surface area contributed by atoms with Crippen LogP contribution in [0.3, 0.4) is 0 Å². The van der Waals surface area contributed by atoms with E-state index >= 15 is 0 Å². The first kappa shape index (κ1) is 17.2.